The Morgan fingerprint density at radius 2 is 1.88 bits per heavy atom. The van der Waals surface area contributed by atoms with Crippen LogP contribution in [0.15, 0.2) is 65.6 Å². The van der Waals surface area contributed by atoms with E-state index in [1.54, 1.807) is 29.4 Å². The highest BCUT2D eigenvalue weighted by Crippen LogP contribution is 2.31. The number of benzene rings is 2. The van der Waals surface area contributed by atoms with Crippen LogP contribution in [0.25, 0.3) is 0 Å². The lowest BCUT2D eigenvalue weighted by Gasteiger charge is -2.31. The van der Waals surface area contributed by atoms with E-state index < -0.39 is 5.82 Å². The van der Waals surface area contributed by atoms with Crippen LogP contribution in [0, 0.1) is 17.7 Å². The molecule has 0 saturated carbocycles. The molecule has 0 radical (unpaired) electrons. The van der Waals surface area contributed by atoms with E-state index in [1.165, 1.54) is 12.1 Å². The number of halogens is 2. The highest BCUT2D eigenvalue weighted by atomic mass is 35.5. The monoisotopic (exact) mass is 602 g/mol. The molecule has 4 N–H and O–H groups in total. The second-order valence-corrected chi connectivity index (χ2v) is 11.5. The van der Waals surface area contributed by atoms with E-state index in [9.17, 15) is 14.0 Å². The molecule has 1 fully saturated rings. The van der Waals surface area contributed by atoms with Gasteiger partial charge in [-0.05, 0) is 73.9 Å². The van der Waals surface area contributed by atoms with Crippen LogP contribution in [-0.2, 0) is 11.2 Å². The van der Waals surface area contributed by atoms with Crippen molar-refractivity contribution in [3.63, 3.8) is 0 Å². The fraction of sp³-hybridized carbons (Fsp3) is 0.323. The summed E-state index contributed by atoms with van der Waals surface area (Å²) < 4.78 is 13.9. The van der Waals surface area contributed by atoms with Gasteiger partial charge in [-0.1, -0.05) is 23.7 Å². The maximum atomic E-state index is 13.9. The molecular formula is C31H32ClFN8O2. The van der Waals surface area contributed by atoms with E-state index in [2.05, 4.69) is 36.2 Å². The van der Waals surface area contributed by atoms with E-state index in [-0.39, 0.29) is 29.5 Å². The first kappa shape index (κ1) is 28.6. The number of hydrogen-bond donors (Lipinski definition) is 4. The average molecular weight is 603 g/mol. The molecule has 3 aliphatic heterocycles. The maximum absolute atomic E-state index is 13.9. The Kier molecular flexibility index (Phi) is 8.50. The number of nitrogens with zero attached hydrogens (tertiary/aromatic N) is 4. The van der Waals surface area contributed by atoms with Gasteiger partial charge in [-0.3, -0.25) is 9.79 Å². The molecule has 2 aromatic carbocycles. The minimum Gasteiger partial charge on any atom is -0.339 e. The lowest BCUT2D eigenvalue weighted by Crippen LogP contribution is -2.41. The normalized spacial score (nSPS) is 18.1. The first-order valence-electron chi connectivity index (χ1n) is 14.4. The first-order chi connectivity index (χ1) is 20.9. The average Bonchev–Trinajstić information content (AvgIpc) is 3.00. The predicted octanol–water partition coefficient (Wildman–Crippen LogP) is 6.58. The van der Waals surface area contributed by atoms with Crippen LogP contribution in [0.3, 0.4) is 0 Å². The molecule has 1 aromatic heterocycles. The zero-order valence-corrected chi connectivity index (χ0v) is 24.2. The molecule has 1 atom stereocenters. The summed E-state index contributed by atoms with van der Waals surface area (Å²) in [5.41, 5.74) is 3.66. The molecular weight excluding hydrogens is 571 g/mol. The van der Waals surface area contributed by atoms with E-state index >= 15 is 0 Å². The van der Waals surface area contributed by atoms with Crippen molar-refractivity contribution < 1.29 is 14.0 Å². The van der Waals surface area contributed by atoms with Crippen molar-refractivity contribution in [1.29, 1.82) is 0 Å². The van der Waals surface area contributed by atoms with Gasteiger partial charge in [-0.15, -0.1) is 0 Å². The highest BCUT2D eigenvalue weighted by molar-refractivity contribution is 6.32. The zero-order valence-electron chi connectivity index (χ0n) is 23.4. The van der Waals surface area contributed by atoms with Crippen LogP contribution in [0.4, 0.5) is 38.0 Å². The summed E-state index contributed by atoms with van der Waals surface area (Å²) in [4.78, 5) is 40.7. The summed E-state index contributed by atoms with van der Waals surface area (Å²) in [5, 5.41) is 12.7. The molecule has 222 valence electrons. The number of allylic oxidation sites excluding steroid dienone is 1. The standard InChI is InChI=1S/C31H32ClFN8O2/c32-24-18-35-30-37-23-13-20(16-34-17-23)5-6-21-15-22(36-29(24)40-30)7-8-26(21)38-28(42)14-19-9-11-41(12-10-19)31(43)39-27-4-2-1-3-25(27)33/h1-4,7-8,15-20H,5-6,9-14H2,(H,38,42)(H,39,43)(H2,35,36,37,40). The van der Waals surface area contributed by atoms with Crippen molar-refractivity contribution in [2.75, 3.05) is 34.4 Å². The number of fused-ring (bicyclic) bond motifs is 6. The van der Waals surface area contributed by atoms with Crippen molar-refractivity contribution in [2.45, 2.75) is 38.5 Å². The second kappa shape index (κ2) is 12.8. The number of aryl methyl sites for hydroxylation is 1. The summed E-state index contributed by atoms with van der Waals surface area (Å²) in [6, 6.07) is 11.6. The molecule has 3 aliphatic rings. The number of aromatic nitrogens is 2. The molecule has 12 heteroatoms. The first-order valence-corrected chi connectivity index (χ1v) is 14.8. The number of para-hydroxylation sites is 1. The fourth-order valence-corrected chi connectivity index (χ4v) is 5.74. The van der Waals surface area contributed by atoms with Crippen molar-refractivity contribution in [2.24, 2.45) is 16.8 Å². The number of nitrogens with one attached hydrogen (secondary N) is 4. The summed E-state index contributed by atoms with van der Waals surface area (Å²) in [6.07, 6.45) is 9.41. The van der Waals surface area contributed by atoms with Crippen molar-refractivity contribution in [3.05, 3.63) is 77.0 Å². The van der Waals surface area contributed by atoms with Crippen molar-refractivity contribution in [3.8, 4) is 0 Å². The highest BCUT2D eigenvalue weighted by Gasteiger charge is 2.25. The minimum absolute atomic E-state index is 0.0636. The van der Waals surface area contributed by atoms with Gasteiger partial charge >= 0.3 is 6.03 Å². The van der Waals surface area contributed by atoms with Crippen LogP contribution in [-0.4, -0.2) is 46.1 Å². The molecule has 1 unspecified atom stereocenters. The molecule has 3 amide bonds. The predicted molar refractivity (Wildman–Crippen MR) is 166 cm³/mol. The Labute approximate surface area is 253 Å². The Balaban J connectivity index is 1.09. The van der Waals surface area contributed by atoms with Crippen molar-refractivity contribution >= 4 is 58.6 Å². The molecule has 1 saturated heterocycles. The number of amides is 3. The van der Waals surface area contributed by atoms with E-state index in [4.69, 9.17) is 11.6 Å². The Morgan fingerprint density at radius 1 is 1.05 bits per heavy atom. The van der Waals surface area contributed by atoms with Crippen molar-refractivity contribution in [1.82, 2.24) is 14.9 Å². The molecule has 4 heterocycles. The molecule has 6 bridgehead atoms. The molecule has 6 rings (SSSR count). The maximum Gasteiger partial charge on any atom is 0.321 e. The second-order valence-electron chi connectivity index (χ2n) is 11.1. The molecule has 10 nitrogen and oxygen atoms in total. The number of aliphatic imine (C=N–C) groups is 1. The number of urea groups is 1. The third kappa shape index (κ3) is 7.11. The largest absolute Gasteiger partial charge is 0.339 e. The Morgan fingerprint density at radius 3 is 2.72 bits per heavy atom. The summed E-state index contributed by atoms with van der Waals surface area (Å²) >= 11 is 6.38. The Hall–Kier alpha value is -4.51. The van der Waals surface area contributed by atoms with Gasteiger partial charge in [-0.2, -0.15) is 4.98 Å². The quantitative estimate of drug-likeness (QED) is 0.268. The summed E-state index contributed by atoms with van der Waals surface area (Å²) in [7, 11) is 0. The van der Waals surface area contributed by atoms with Gasteiger partial charge in [0.25, 0.3) is 0 Å². The van der Waals surface area contributed by atoms with Crippen LogP contribution in [0.2, 0.25) is 5.02 Å². The zero-order chi connectivity index (χ0) is 29.8. The van der Waals surface area contributed by atoms with Gasteiger partial charge in [0, 0.05) is 54.9 Å². The van der Waals surface area contributed by atoms with Gasteiger partial charge in [0.05, 0.1) is 11.9 Å². The number of carbonyl (C=O) groups is 2. The molecule has 0 spiro atoms. The van der Waals surface area contributed by atoms with Gasteiger partial charge in [0.2, 0.25) is 11.9 Å². The number of hydrogen-bond acceptors (Lipinski definition) is 7. The SMILES string of the molecule is O=C(CC1CCN(C(=O)Nc2ccccc2F)CC1)Nc1ccc2cc1CCC1C=NC=C(C1)Nc1ncc(Cl)c(n1)N2. The van der Waals surface area contributed by atoms with Crippen LogP contribution in [0.1, 0.15) is 37.7 Å². The van der Waals surface area contributed by atoms with Gasteiger partial charge in [0.1, 0.15) is 10.8 Å². The lowest BCUT2D eigenvalue weighted by molar-refractivity contribution is -0.117. The molecule has 0 aliphatic carbocycles. The van der Waals surface area contributed by atoms with Gasteiger partial charge in [0.15, 0.2) is 5.82 Å². The Bertz CT molecular complexity index is 1590. The van der Waals surface area contributed by atoms with Crippen LogP contribution in [0.5, 0.6) is 0 Å². The fourth-order valence-electron chi connectivity index (χ4n) is 5.60. The third-order valence-electron chi connectivity index (χ3n) is 7.94. The van der Waals surface area contributed by atoms with Crippen LogP contribution < -0.4 is 21.3 Å². The number of rotatable bonds is 4. The lowest BCUT2D eigenvalue weighted by atomic mass is 9.92. The molecule has 43 heavy (non-hydrogen) atoms. The summed E-state index contributed by atoms with van der Waals surface area (Å²) in [5.74, 6) is 0.753. The van der Waals surface area contributed by atoms with Gasteiger partial charge < -0.3 is 26.2 Å². The number of anilines is 5. The van der Waals surface area contributed by atoms with Gasteiger partial charge in [-0.25, -0.2) is 14.2 Å². The topological polar surface area (TPSA) is 124 Å². The number of likely N-dealkylation sites (tertiary alicyclic amines) is 1. The summed E-state index contributed by atoms with van der Waals surface area (Å²) in [6.45, 7) is 1.01. The molecule has 3 aromatic rings. The van der Waals surface area contributed by atoms with E-state index in [0.29, 0.717) is 49.1 Å². The van der Waals surface area contributed by atoms with E-state index in [1.807, 2.05) is 24.4 Å². The smallest absolute Gasteiger partial charge is 0.321 e. The third-order valence-corrected chi connectivity index (χ3v) is 8.22. The number of piperidine rings is 1. The number of carbonyl (C=O) groups excluding carboxylic acids is 2. The van der Waals surface area contributed by atoms with Crippen LogP contribution >= 0.6 is 11.6 Å². The van der Waals surface area contributed by atoms with E-state index in [0.717, 1.165) is 41.9 Å². The minimum atomic E-state index is -0.471.